The van der Waals surface area contributed by atoms with Gasteiger partial charge >= 0.3 is 0 Å². The first kappa shape index (κ1) is 15.8. The molecule has 2 aliphatic carbocycles. The molecule has 1 amide bonds. The summed E-state index contributed by atoms with van der Waals surface area (Å²) in [5.41, 5.74) is 1.27. The Hall–Kier alpha value is -1.68. The molecule has 3 fully saturated rings. The molecule has 0 bridgehead atoms. The average molecular weight is 327 g/mol. The number of carbonyl (C=O) groups excluding carboxylic acids is 2. The minimum absolute atomic E-state index is 0.0215. The van der Waals surface area contributed by atoms with Crippen LogP contribution in [0.15, 0.2) is 24.3 Å². The number of benzene rings is 1. The first-order valence-corrected chi connectivity index (χ1v) is 9.18. The van der Waals surface area contributed by atoms with E-state index in [0.717, 1.165) is 13.0 Å². The van der Waals surface area contributed by atoms with Crippen molar-refractivity contribution in [2.45, 2.75) is 51.2 Å². The summed E-state index contributed by atoms with van der Waals surface area (Å²) in [6, 6.07) is 7.21. The van der Waals surface area contributed by atoms with Gasteiger partial charge in [0.2, 0.25) is 0 Å². The van der Waals surface area contributed by atoms with E-state index in [-0.39, 0.29) is 17.7 Å². The lowest BCUT2D eigenvalue weighted by molar-refractivity contribution is -0.0784. The van der Waals surface area contributed by atoms with E-state index in [0.29, 0.717) is 35.0 Å². The van der Waals surface area contributed by atoms with Crippen molar-refractivity contribution in [3.05, 3.63) is 35.4 Å². The van der Waals surface area contributed by atoms with Crippen molar-refractivity contribution in [3.8, 4) is 0 Å². The van der Waals surface area contributed by atoms with Crippen LogP contribution in [0.3, 0.4) is 0 Å². The molecule has 1 heterocycles. The summed E-state index contributed by atoms with van der Waals surface area (Å²) < 4.78 is 5.95. The Morgan fingerprint density at radius 3 is 2.38 bits per heavy atom. The molecule has 1 N–H and O–H groups in total. The summed E-state index contributed by atoms with van der Waals surface area (Å²) in [5, 5.41) is 3.28. The maximum Gasteiger partial charge on any atom is 0.251 e. The Morgan fingerprint density at radius 2 is 1.71 bits per heavy atom. The van der Waals surface area contributed by atoms with Crippen molar-refractivity contribution in [2.75, 3.05) is 6.61 Å². The number of ketones is 1. The molecule has 2 saturated carbocycles. The van der Waals surface area contributed by atoms with Crippen LogP contribution in [0.1, 0.15) is 59.7 Å². The topological polar surface area (TPSA) is 55.4 Å². The van der Waals surface area contributed by atoms with Crippen LogP contribution in [0.25, 0.3) is 0 Å². The van der Waals surface area contributed by atoms with E-state index in [2.05, 4.69) is 5.32 Å². The van der Waals surface area contributed by atoms with Crippen molar-refractivity contribution in [3.63, 3.8) is 0 Å². The van der Waals surface area contributed by atoms with E-state index in [1.54, 1.807) is 24.3 Å². The SMILES string of the molecule is CC(=O)c1ccc(C(=O)N[C@H]2[C@@H]3CCO[C@@H]3[C@@H]2C2CCCC2)cc1. The number of hydrogen-bond donors (Lipinski definition) is 1. The fourth-order valence-electron chi connectivity index (χ4n) is 4.95. The summed E-state index contributed by atoms with van der Waals surface area (Å²) in [4.78, 5) is 24.0. The zero-order valence-corrected chi connectivity index (χ0v) is 14.2. The quantitative estimate of drug-likeness (QED) is 0.864. The Morgan fingerprint density at radius 1 is 1.04 bits per heavy atom. The Balaban J connectivity index is 1.46. The maximum atomic E-state index is 12.6. The molecule has 24 heavy (non-hydrogen) atoms. The third kappa shape index (κ3) is 2.67. The molecule has 0 radical (unpaired) electrons. The monoisotopic (exact) mass is 327 g/mol. The van der Waals surface area contributed by atoms with Gasteiger partial charge in [-0.25, -0.2) is 0 Å². The van der Waals surface area contributed by atoms with Crippen LogP contribution < -0.4 is 5.32 Å². The standard InChI is InChI=1S/C20H25NO3/c1-12(22)13-6-8-15(9-7-13)20(23)21-18-16-10-11-24-19(16)17(18)14-4-2-3-5-14/h6-9,14,16-19H,2-5,10-11H2,1H3,(H,21,23)/t16-,17+,18-,19-/m0/s1. The lowest BCUT2D eigenvalue weighted by Gasteiger charge is -2.50. The Bertz CT molecular complexity index is 628. The number of ether oxygens (including phenoxy) is 1. The van der Waals surface area contributed by atoms with Gasteiger partial charge in [-0.05, 0) is 31.4 Å². The summed E-state index contributed by atoms with van der Waals surface area (Å²) in [7, 11) is 0. The smallest absolute Gasteiger partial charge is 0.251 e. The zero-order valence-electron chi connectivity index (χ0n) is 14.2. The van der Waals surface area contributed by atoms with Crippen LogP contribution in [0.5, 0.6) is 0 Å². The predicted molar refractivity (Wildman–Crippen MR) is 91.0 cm³/mol. The number of amides is 1. The van der Waals surface area contributed by atoms with Gasteiger partial charge in [-0.2, -0.15) is 0 Å². The zero-order chi connectivity index (χ0) is 16.7. The van der Waals surface area contributed by atoms with Gasteiger partial charge in [0.05, 0.1) is 6.10 Å². The number of hydrogen-bond acceptors (Lipinski definition) is 3. The highest BCUT2D eigenvalue weighted by atomic mass is 16.5. The van der Waals surface area contributed by atoms with Gasteiger partial charge in [-0.1, -0.05) is 37.8 Å². The number of Topliss-reactive ketones (excluding diaryl/α,β-unsaturated/α-hetero) is 1. The van der Waals surface area contributed by atoms with E-state index in [1.165, 1.54) is 32.6 Å². The van der Waals surface area contributed by atoms with Crippen LogP contribution in [-0.2, 0) is 4.74 Å². The van der Waals surface area contributed by atoms with Crippen molar-refractivity contribution in [2.24, 2.45) is 17.8 Å². The van der Waals surface area contributed by atoms with Crippen molar-refractivity contribution >= 4 is 11.7 Å². The van der Waals surface area contributed by atoms with Crippen LogP contribution in [0, 0.1) is 17.8 Å². The van der Waals surface area contributed by atoms with E-state index in [4.69, 9.17) is 4.74 Å². The fraction of sp³-hybridized carbons (Fsp3) is 0.600. The van der Waals surface area contributed by atoms with E-state index in [1.807, 2.05) is 0 Å². The number of rotatable bonds is 4. The first-order chi connectivity index (χ1) is 11.6. The maximum absolute atomic E-state index is 12.6. The predicted octanol–water partition coefficient (Wildman–Crippen LogP) is 3.21. The first-order valence-electron chi connectivity index (χ1n) is 9.18. The third-order valence-corrected chi connectivity index (χ3v) is 6.23. The summed E-state index contributed by atoms with van der Waals surface area (Å²) in [6.07, 6.45) is 6.59. The highest BCUT2D eigenvalue weighted by molar-refractivity contribution is 5.97. The second-order valence-corrected chi connectivity index (χ2v) is 7.54. The van der Waals surface area contributed by atoms with Crippen molar-refractivity contribution in [1.82, 2.24) is 5.32 Å². The largest absolute Gasteiger partial charge is 0.377 e. The Kier molecular flexibility index (Phi) is 4.17. The van der Waals surface area contributed by atoms with Crippen LogP contribution in [0.4, 0.5) is 0 Å². The third-order valence-electron chi connectivity index (χ3n) is 6.23. The Labute approximate surface area is 143 Å². The van der Waals surface area contributed by atoms with Crippen LogP contribution in [-0.4, -0.2) is 30.4 Å². The van der Waals surface area contributed by atoms with Crippen molar-refractivity contribution < 1.29 is 14.3 Å². The molecule has 0 unspecified atom stereocenters. The molecule has 4 rings (SSSR count). The summed E-state index contributed by atoms with van der Waals surface area (Å²) in [5.74, 6) is 1.67. The highest BCUT2D eigenvalue weighted by Gasteiger charge is 2.56. The van der Waals surface area contributed by atoms with Gasteiger partial charge in [-0.3, -0.25) is 9.59 Å². The minimum atomic E-state index is -0.0246. The molecule has 1 aliphatic heterocycles. The van der Waals surface area contributed by atoms with Gasteiger partial charge in [0, 0.05) is 35.6 Å². The second-order valence-electron chi connectivity index (χ2n) is 7.54. The lowest BCUT2D eigenvalue weighted by atomic mass is 9.61. The molecule has 1 aromatic rings. The molecule has 4 nitrogen and oxygen atoms in total. The van der Waals surface area contributed by atoms with E-state index < -0.39 is 0 Å². The molecule has 0 aromatic heterocycles. The van der Waals surface area contributed by atoms with Gasteiger partial charge in [0.25, 0.3) is 5.91 Å². The summed E-state index contributed by atoms with van der Waals surface area (Å²) in [6.45, 7) is 2.37. The van der Waals surface area contributed by atoms with E-state index in [9.17, 15) is 9.59 Å². The van der Waals surface area contributed by atoms with Crippen LogP contribution in [0.2, 0.25) is 0 Å². The fourth-order valence-corrected chi connectivity index (χ4v) is 4.95. The van der Waals surface area contributed by atoms with Crippen molar-refractivity contribution in [1.29, 1.82) is 0 Å². The minimum Gasteiger partial charge on any atom is -0.377 e. The molecule has 1 saturated heterocycles. The summed E-state index contributed by atoms with van der Waals surface area (Å²) >= 11 is 0. The molecule has 4 heteroatoms. The van der Waals surface area contributed by atoms with Gasteiger partial charge in [-0.15, -0.1) is 0 Å². The molecule has 128 valence electrons. The van der Waals surface area contributed by atoms with Crippen LogP contribution >= 0.6 is 0 Å². The molecule has 1 aromatic carbocycles. The highest BCUT2D eigenvalue weighted by Crippen LogP contribution is 2.51. The molecular weight excluding hydrogens is 302 g/mol. The number of nitrogens with one attached hydrogen (secondary N) is 1. The number of fused-ring (bicyclic) bond motifs is 1. The van der Waals surface area contributed by atoms with E-state index >= 15 is 0 Å². The van der Waals surface area contributed by atoms with Gasteiger partial charge in [0.15, 0.2) is 5.78 Å². The van der Waals surface area contributed by atoms with Gasteiger partial charge < -0.3 is 10.1 Å². The average Bonchev–Trinajstić information content (AvgIpc) is 3.23. The molecule has 4 atom stereocenters. The normalized spacial score (nSPS) is 32.2. The molecule has 3 aliphatic rings. The lowest BCUT2D eigenvalue weighted by Crippen LogP contribution is -2.63. The second kappa shape index (κ2) is 6.32. The molecular formula is C20H25NO3. The molecule has 0 spiro atoms. The van der Waals surface area contributed by atoms with Gasteiger partial charge in [0.1, 0.15) is 0 Å². The number of carbonyl (C=O) groups is 2.